The van der Waals surface area contributed by atoms with Gasteiger partial charge in [0, 0.05) is 37.9 Å². The van der Waals surface area contributed by atoms with Crippen LogP contribution >= 0.6 is 0 Å². The Labute approximate surface area is 130 Å². The first-order valence-corrected chi connectivity index (χ1v) is 7.62. The summed E-state index contributed by atoms with van der Waals surface area (Å²) in [6, 6.07) is 6.02. The molecule has 0 spiro atoms. The molecule has 2 heterocycles. The third-order valence-electron chi connectivity index (χ3n) is 4.48. The van der Waals surface area contributed by atoms with E-state index >= 15 is 0 Å². The number of amides is 1. The summed E-state index contributed by atoms with van der Waals surface area (Å²) < 4.78 is 1.78. The number of aromatic nitrogens is 2. The van der Waals surface area contributed by atoms with Gasteiger partial charge in [-0.05, 0) is 42.7 Å². The highest BCUT2D eigenvalue weighted by Gasteiger charge is 2.34. The van der Waals surface area contributed by atoms with Crippen molar-refractivity contribution in [3.05, 3.63) is 47.3 Å². The Kier molecular flexibility index (Phi) is 3.98. The number of rotatable bonds is 3. The van der Waals surface area contributed by atoms with Crippen molar-refractivity contribution in [2.45, 2.75) is 19.8 Å². The summed E-state index contributed by atoms with van der Waals surface area (Å²) >= 11 is 0. The van der Waals surface area contributed by atoms with Gasteiger partial charge >= 0.3 is 0 Å². The lowest BCUT2D eigenvalue weighted by molar-refractivity contribution is -0.119. The number of benzene rings is 1. The maximum absolute atomic E-state index is 12.6. The van der Waals surface area contributed by atoms with Gasteiger partial charge in [-0.15, -0.1) is 0 Å². The summed E-state index contributed by atoms with van der Waals surface area (Å²) in [6.07, 6.45) is 3.85. The second kappa shape index (κ2) is 5.93. The lowest BCUT2D eigenvalue weighted by Gasteiger charge is -2.17. The van der Waals surface area contributed by atoms with Gasteiger partial charge < -0.3 is 10.6 Å². The zero-order valence-corrected chi connectivity index (χ0v) is 13.3. The van der Waals surface area contributed by atoms with Gasteiger partial charge in [0.15, 0.2) is 0 Å². The fraction of sp³-hybridized carbons (Fsp3) is 0.412. The van der Waals surface area contributed by atoms with Gasteiger partial charge in [-0.2, -0.15) is 5.10 Å². The van der Waals surface area contributed by atoms with E-state index in [0.717, 1.165) is 17.8 Å². The molecular formula is C17H22N4O. The van der Waals surface area contributed by atoms with Crippen LogP contribution in [0.3, 0.4) is 0 Å². The van der Waals surface area contributed by atoms with Crippen molar-refractivity contribution in [3.63, 3.8) is 0 Å². The summed E-state index contributed by atoms with van der Waals surface area (Å²) in [5, 5.41) is 10.6. The molecule has 2 N–H and O–H groups in total. The molecule has 0 unspecified atom stereocenters. The Morgan fingerprint density at radius 3 is 2.82 bits per heavy atom. The first kappa shape index (κ1) is 14.8. The van der Waals surface area contributed by atoms with E-state index in [-0.39, 0.29) is 17.7 Å². The van der Waals surface area contributed by atoms with Crippen LogP contribution in [0.5, 0.6) is 0 Å². The second-order valence-corrected chi connectivity index (χ2v) is 6.11. The molecule has 0 radical (unpaired) electrons. The van der Waals surface area contributed by atoms with Crippen molar-refractivity contribution in [1.29, 1.82) is 0 Å². The summed E-state index contributed by atoms with van der Waals surface area (Å²) in [5.41, 5.74) is 4.40. The van der Waals surface area contributed by atoms with E-state index in [1.165, 1.54) is 11.1 Å². The number of carbonyl (C=O) groups excluding carboxylic acids is 1. The van der Waals surface area contributed by atoms with E-state index in [1.807, 2.05) is 37.6 Å². The highest BCUT2D eigenvalue weighted by Crippen LogP contribution is 2.29. The van der Waals surface area contributed by atoms with Crippen LogP contribution in [0.1, 0.15) is 22.6 Å². The Hall–Kier alpha value is -2.14. The zero-order valence-electron chi connectivity index (χ0n) is 13.3. The molecule has 22 heavy (non-hydrogen) atoms. The average molecular weight is 298 g/mol. The van der Waals surface area contributed by atoms with Crippen molar-refractivity contribution >= 4 is 11.6 Å². The van der Waals surface area contributed by atoms with E-state index in [0.29, 0.717) is 6.54 Å². The zero-order chi connectivity index (χ0) is 15.7. The maximum atomic E-state index is 12.6. The second-order valence-electron chi connectivity index (χ2n) is 6.11. The van der Waals surface area contributed by atoms with Crippen molar-refractivity contribution in [1.82, 2.24) is 15.1 Å². The third-order valence-corrected chi connectivity index (χ3v) is 4.48. The van der Waals surface area contributed by atoms with Crippen LogP contribution in [-0.2, 0) is 11.8 Å². The number of nitrogens with zero attached hydrogens (tertiary/aromatic N) is 2. The van der Waals surface area contributed by atoms with Crippen LogP contribution in [0.15, 0.2) is 30.6 Å². The maximum Gasteiger partial charge on any atom is 0.229 e. The topological polar surface area (TPSA) is 59.0 Å². The van der Waals surface area contributed by atoms with Gasteiger partial charge in [0.2, 0.25) is 5.91 Å². The van der Waals surface area contributed by atoms with Crippen molar-refractivity contribution in [2.24, 2.45) is 13.0 Å². The van der Waals surface area contributed by atoms with Crippen molar-refractivity contribution in [3.8, 4) is 0 Å². The van der Waals surface area contributed by atoms with E-state index in [9.17, 15) is 4.79 Å². The lowest BCUT2D eigenvalue weighted by Crippen LogP contribution is -2.28. The molecular weight excluding hydrogens is 276 g/mol. The quantitative estimate of drug-likeness (QED) is 0.911. The molecule has 2 aromatic rings. The fourth-order valence-corrected chi connectivity index (χ4v) is 2.99. The van der Waals surface area contributed by atoms with Crippen LogP contribution in [0.4, 0.5) is 5.69 Å². The largest absolute Gasteiger partial charge is 0.326 e. The number of hydrogen-bond donors (Lipinski definition) is 2. The summed E-state index contributed by atoms with van der Waals surface area (Å²) in [4.78, 5) is 12.6. The Morgan fingerprint density at radius 2 is 2.14 bits per heavy atom. The fourth-order valence-electron chi connectivity index (χ4n) is 2.99. The van der Waals surface area contributed by atoms with Crippen molar-refractivity contribution in [2.75, 3.05) is 18.4 Å². The van der Waals surface area contributed by atoms with Crippen LogP contribution in [-0.4, -0.2) is 28.8 Å². The molecule has 0 saturated carbocycles. The number of aryl methyl sites for hydroxylation is 3. The molecule has 1 fully saturated rings. The van der Waals surface area contributed by atoms with Gasteiger partial charge in [-0.25, -0.2) is 0 Å². The van der Waals surface area contributed by atoms with Crippen molar-refractivity contribution < 1.29 is 4.79 Å². The number of carbonyl (C=O) groups is 1. The molecule has 5 heteroatoms. The van der Waals surface area contributed by atoms with E-state index < -0.39 is 0 Å². The molecule has 1 saturated heterocycles. The van der Waals surface area contributed by atoms with Crippen LogP contribution in [0, 0.1) is 19.8 Å². The monoisotopic (exact) mass is 298 g/mol. The van der Waals surface area contributed by atoms with E-state index in [1.54, 1.807) is 4.68 Å². The molecule has 1 aliphatic rings. The Balaban J connectivity index is 1.74. The highest BCUT2D eigenvalue weighted by atomic mass is 16.1. The molecule has 3 rings (SSSR count). The smallest absolute Gasteiger partial charge is 0.229 e. The third kappa shape index (κ3) is 2.90. The molecule has 1 amide bonds. The van der Waals surface area contributed by atoms with E-state index in [4.69, 9.17) is 0 Å². The Bertz CT molecular complexity index is 692. The summed E-state index contributed by atoms with van der Waals surface area (Å²) in [7, 11) is 1.90. The number of nitrogens with one attached hydrogen (secondary N) is 2. The minimum absolute atomic E-state index is 0.0641. The summed E-state index contributed by atoms with van der Waals surface area (Å²) in [5.74, 6) is 0.188. The number of hydrogen-bond acceptors (Lipinski definition) is 3. The molecule has 5 nitrogen and oxygen atoms in total. The van der Waals surface area contributed by atoms with Gasteiger partial charge in [0.1, 0.15) is 0 Å². The van der Waals surface area contributed by atoms with Gasteiger partial charge in [0.05, 0.1) is 12.1 Å². The predicted molar refractivity (Wildman–Crippen MR) is 86.9 cm³/mol. The minimum atomic E-state index is -0.0641. The lowest BCUT2D eigenvalue weighted by atomic mass is 9.90. The normalized spacial score (nSPS) is 21.0. The molecule has 1 aliphatic heterocycles. The molecule has 2 atom stereocenters. The molecule has 0 aliphatic carbocycles. The first-order valence-electron chi connectivity index (χ1n) is 7.62. The molecule has 0 bridgehead atoms. The minimum Gasteiger partial charge on any atom is -0.326 e. The molecule has 1 aromatic carbocycles. The molecule has 1 aromatic heterocycles. The Morgan fingerprint density at radius 1 is 1.32 bits per heavy atom. The highest BCUT2D eigenvalue weighted by molar-refractivity contribution is 5.93. The van der Waals surface area contributed by atoms with Gasteiger partial charge in [-0.3, -0.25) is 9.48 Å². The summed E-state index contributed by atoms with van der Waals surface area (Å²) in [6.45, 7) is 5.65. The van der Waals surface area contributed by atoms with Gasteiger partial charge in [-0.1, -0.05) is 6.07 Å². The van der Waals surface area contributed by atoms with Crippen LogP contribution in [0.2, 0.25) is 0 Å². The van der Waals surface area contributed by atoms with Gasteiger partial charge in [0.25, 0.3) is 0 Å². The SMILES string of the molecule is Cc1ccc(NC(=O)[C@H]2CNC[C@@H]2c2cnn(C)c2)cc1C. The van der Waals surface area contributed by atoms with E-state index in [2.05, 4.69) is 29.6 Å². The molecule has 116 valence electrons. The van der Waals surface area contributed by atoms with Crippen LogP contribution < -0.4 is 10.6 Å². The standard InChI is InChI=1S/C17H22N4O/c1-11-4-5-14(6-12(11)2)20-17(22)16-9-18-8-15(16)13-7-19-21(3)10-13/h4-7,10,15-16,18H,8-9H2,1-3H3,(H,20,22)/t15-,16+/m1/s1. The first-order chi connectivity index (χ1) is 10.5. The predicted octanol–water partition coefficient (Wildman–Crippen LogP) is 1.98. The average Bonchev–Trinajstić information content (AvgIpc) is 3.11. The van der Waals surface area contributed by atoms with Crippen LogP contribution in [0.25, 0.3) is 0 Å². The number of anilines is 1.